The average molecular weight is 143 g/mol. The smallest absolute Gasteiger partial charge is 0.131 e. The maximum Gasteiger partial charge on any atom is 0.131 e. The second-order valence-electron chi connectivity index (χ2n) is 2.28. The monoisotopic (exact) mass is 143 g/mol. The molecule has 0 atom stereocenters. The third kappa shape index (κ3) is 2.35. The second-order valence-corrected chi connectivity index (χ2v) is 2.28. The molecule has 1 heterocycles. The van der Waals surface area contributed by atoms with Gasteiger partial charge in [0.05, 0.1) is 13.2 Å². The van der Waals surface area contributed by atoms with E-state index in [9.17, 15) is 0 Å². The van der Waals surface area contributed by atoms with E-state index < -0.39 is 0 Å². The van der Waals surface area contributed by atoms with E-state index >= 15 is 0 Å². The Balaban J connectivity index is 2.13. The predicted octanol–water partition coefficient (Wildman–Crippen LogP) is 1.19. The van der Waals surface area contributed by atoms with Gasteiger partial charge in [0.2, 0.25) is 0 Å². The Morgan fingerprint density at radius 3 is 2.80 bits per heavy atom. The number of nitrogens with zero attached hydrogens (tertiary/aromatic N) is 1. The van der Waals surface area contributed by atoms with E-state index in [1.165, 1.54) is 0 Å². The summed E-state index contributed by atoms with van der Waals surface area (Å²) in [5.41, 5.74) is 0. The highest BCUT2D eigenvalue weighted by Gasteiger charge is 2.13. The van der Waals surface area contributed by atoms with Crippen molar-refractivity contribution in [2.24, 2.45) is 5.16 Å². The lowest BCUT2D eigenvalue weighted by Gasteiger charge is -2.19. The molecule has 0 saturated carbocycles. The van der Waals surface area contributed by atoms with Crippen molar-refractivity contribution in [3.63, 3.8) is 0 Å². The molecule has 3 heteroatoms. The van der Waals surface area contributed by atoms with E-state index in [4.69, 9.17) is 9.57 Å². The maximum atomic E-state index is 5.15. The maximum absolute atomic E-state index is 5.15. The second kappa shape index (κ2) is 4.28. The molecule has 10 heavy (non-hydrogen) atoms. The van der Waals surface area contributed by atoms with E-state index in [0.717, 1.165) is 26.1 Å². The molecule has 58 valence electrons. The van der Waals surface area contributed by atoms with Crippen LogP contribution in [0.5, 0.6) is 0 Å². The van der Waals surface area contributed by atoms with Crippen molar-refractivity contribution >= 4 is 6.21 Å². The summed E-state index contributed by atoms with van der Waals surface area (Å²) < 4.78 is 5.15. The van der Waals surface area contributed by atoms with Crippen LogP contribution in [0.25, 0.3) is 0 Å². The molecule has 0 aromatic heterocycles. The molecule has 1 fully saturated rings. The molecule has 0 bridgehead atoms. The minimum absolute atomic E-state index is 0.282. The van der Waals surface area contributed by atoms with E-state index in [1.807, 2.05) is 6.92 Å². The summed E-state index contributed by atoms with van der Waals surface area (Å²) in [4.78, 5) is 5.12. The third-order valence-corrected chi connectivity index (χ3v) is 1.48. The zero-order chi connectivity index (χ0) is 7.23. The SMILES string of the molecule is CC=NOC1CCOCC1. The van der Waals surface area contributed by atoms with Crippen LogP contribution in [0.2, 0.25) is 0 Å². The van der Waals surface area contributed by atoms with Crippen molar-refractivity contribution in [1.29, 1.82) is 0 Å². The van der Waals surface area contributed by atoms with Gasteiger partial charge < -0.3 is 9.57 Å². The van der Waals surface area contributed by atoms with Crippen LogP contribution in [-0.4, -0.2) is 25.5 Å². The number of ether oxygens (including phenoxy) is 1. The van der Waals surface area contributed by atoms with Gasteiger partial charge in [0, 0.05) is 19.1 Å². The van der Waals surface area contributed by atoms with Crippen LogP contribution in [-0.2, 0) is 9.57 Å². The summed E-state index contributed by atoms with van der Waals surface area (Å²) in [7, 11) is 0. The Labute approximate surface area is 61.0 Å². The van der Waals surface area contributed by atoms with Gasteiger partial charge >= 0.3 is 0 Å². The van der Waals surface area contributed by atoms with E-state index in [1.54, 1.807) is 6.21 Å². The molecule has 0 aromatic carbocycles. The lowest BCUT2D eigenvalue weighted by atomic mass is 10.2. The van der Waals surface area contributed by atoms with Gasteiger partial charge in [0.15, 0.2) is 0 Å². The first-order chi connectivity index (χ1) is 4.93. The first-order valence-electron chi connectivity index (χ1n) is 3.65. The minimum Gasteiger partial charge on any atom is -0.393 e. The molecule has 0 spiro atoms. The van der Waals surface area contributed by atoms with Crippen LogP contribution in [0.4, 0.5) is 0 Å². The Morgan fingerprint density at radius 1 is 1.50 bits per heavy atom. The van der Waals surface area contributed by atoms with Crippen LogP contribution in [0.15, 0.2) is 5.16 Å². The van der Waals surface area contributed by atoms with Crippen LogP contribution in [0, 0.1) is 0 Å². The van der Waals surface area contributed by atoms with Gasteiger partial charge in [0.25, 0.3) is 0 Å². The molecule has 0 N–H and O–H groups in total. The number of hydrogen-bond acceptors (Lipinski definition) is 3. The summed E-state index contributed by atoms with van der Waals surface area (Å²) in [5, 5.41) is 3.71. The molecule has 0 radical (unpaired) electrons. The standard InChI is InChI=1S/C7H13NO2/c1-2-8-10-7-3-5-9-6-4-7/h2,7H,3-6H2,1H3. The number of rotatable bonds is 2. The van der Waals surface area contributed by atoms with Crippen LogP contribution in [0.3, 0.4) is 0 Å². The highest BCUT2D eigenvalue weighted by Crippen LogP contribution is 2.09. The van der Waals surface area contributed by atoms with Gasteiger partial charge in [-0.05, 0) is 6.92 Å². The fourth-order valence-corrected chi connectivity index (χ4v) is 0.928. The summed E-state index contributed by atoms with van der Waals surface area (Å²) in [5.74, 6) is 0. The molecular weight excluding hydrogens is 130 g/mol. The first-order valence-corrected chi connectivity index (χ1v) is 3.65. The van der Waals surface area contributed by atoms with Gasteiger partial charge in [-0.3, -0.25) is 0 Å². The Hall–Kier alpha value is -0.570. The zero-order valence-corrected chi connectivity index (χ0v) is 6.25. The molecule has 1 rings (SSSR count). The fourth-order valence-electron chi connectivity index (χ4n) is 0.928. The summed E-state index contributed by atoms with van der Waals surface area (Å²) >= 11 is 0. The average Bonchev–Trinajstić information content (AvgIpc) is 2.03. The highest BCUT2D eigenvalue weighted by molar-refractivity contribution is 5.52. The molecule has 1 aliphatic rings. The molecule has 3 nitrogen and oxygen atoms in total. The minimum atomic E-state index is 0.282. The van der Waals surface area contributed by atoms with Crippen molar-refractivity contribution in [3.8, 4) is 0 Å². The van der Waals surface area contributed by atoms with Gasteiger partial charge in [-0.25, -0.2) is 0 Å². The van der Waals surface area contributed by atoms with Crippen LogP contribution in [0.1, 0.15) is 19.8 Å². The number of oxime groups is 1. The predicted molar refractivity (Wildman–Crippen MR) is 39.1 cm³/mol. The van der Waals surface area contributed by atoms with E-state index in [2.05, 4.69) is 5.16 Å². The van der Waals surface area contributed by atoms with Crippen molar-refractivity contribution < 1.29 is 9.57 Å². The first kappa shape index (κ1) is 7.54. The molecule has 1 saturated heterocycles. The van der Waals surface area contributed by atoms with Crippen molar-refractivity contribution in [1.82, 2.24) is 0 Å². The lowest BCUT2D eigenvalue weighted by Crippen LogP contribution is -2.21. The van der Waals surface area contributed by atoms with E-state index in [-0.39, 0.29) is 6.10 Å². The molecule has 0 amide bonds. The van der Waals surface area contributed by atoms with Crippen LogP contribution >= 0.6 is 0 Å². The molecule has 0 aromatic rings. The van der Waals surface area contributed by atoms with Gasteiger partial charge in [-0.2, -0.15) is 0 Å². The molecule has 0 unspecified atom stereocenters. The van der Waals surface area contributed by atoms with Crippen molar-refractivity contribution in [2.75, 3.05) is 13.2 Å². The lowest BCUT2D eigenvalue weighted by molar-refractivity contribution is -0.0295. The molecule has 1 aliphatic heterocycles. The Bertz CT molecular complexity index is 108. The van der Waals surface area contributed by atoms with Gasteiger partial charge in [0.1, 0.15) is 6.10 Å². The Morgan fingerprint density at radius 2 is 2.20 bits per heavy atom. The molecular formula is C7H13NO2. The summed E-state index contributed by atoms with van der Waals surface area (Å²) in [6.07, 6.45) is 3.88. The normalized spacial score (nSPS) is 21.7. The van der Waals surface area contributed by atoms with Crippen molar-refractivity contribution in [3.05, 3.63) is 0 Å². The summed E-state index contributed by atoms with van der Waals surface area (Å²) in [6.45, 7) is 3.47. The topological polar surface area (TPSA) is 30.8 Å². The highest BCUT2D eigenvalue weighted by atomic mass is 16.6. The Kier molecular flexibility index (Phi) is 3.22. The number of hydrogen-bond donors (Lipinski definition) is 0. The zero-order valence-electron chi connectivity index (χ0n) is 6.25. The van der Waals surface area contributed by atoms with Gasteiger partial charge in [-0.1, -0.05) is 5.16 Å². The third-order valence-electron chi connectivity index (χ3n) is 1.48. The largest absolute Gasteiger partial charge is 0.393 e. The van der Waals surface area contributed by atoms with E-state index in [0.29, 0.717) is 0 Å². The van der Waals surface area contributed by atoms with Crippen LogP contribution < -0.4 is 0 Å². The molecule has 0 aliphatic carbocycles. The summed E-state index contributed by atoms with van der Waals surface area (Å²) in [6, 6.07) is 0. The fraction of sp³-hybridized carbons (Fsp3) is 0.857. The quantitative estimate of drug-likeness (QED) is 0.429. The van der Waals surface area contributed by atoms with Gasteiger partial charge in [-0.15, -0.1) is 0 Å². The van der Waals surface area contributed by atoms with Crippen molar-refractivity contribution in [2.45, 2.75) is 25.9 Å².